The zero-order chi connectivity index (χ0) is 18.9. The molecule has 144 valence electrons. The first-order valence-corrected chi connectivity index (χ1v) is 8.21. The van der Waals surface area contributed by atoms with E-state index >= 15 is 0 Å². The molecular formula is C17H19F3O6. The quantitative estimate of drug-likeness (QED) is 0.733. The number of fused-ring (bicyclic) bond motifs is 1. The minimum absolute atomic E-state index is 0.0189. The van der Waals surface area contributed by atoms with Gasteiger partial charge in [-0.1, -0.05) is 6.07 Å². The molecule has 2 aliphatic rings. The van der Waals surface area contributed by atoms with Crippen LogP contribution in [0.4, 0.5) is 13.2 Å². The predicted octanol–water partition coefficient (Wildman–Crippen LogP) is 1.53. The molecule has 1 aromatic carbocycles. The van der Waals surface area contributed by atoms with Crippen molar-refractivity contribution in [2.24, 2.45) is 5.92 Å². The van der Waals surface area contributed by atoms with Crippen LogP contribution in [0, 0.1) is 5.92 Å². The Bertz CT molecular complexity index is 650. The number of hydrogen-bond acceptors (Lipinski definition) is 6. The summed E-state index contributed by atoms with van der Waals surface area (Å²) in [7, 11) is 0. The van der Waals surface area contributed by atoms with Gasteiger partial charge in [-0.15, -0.1) is 0 Å². The standard InChI is InChI=1S/C17H19F3O6/c18-17(19,20)9-2-1-3-11(4-9)24-7-10(21)8-25-16-12-5-15(23)26-14(12)6-13(16)22/h1-4,10,12-14,16,21-22H,5-8H2. The average molecular weight is 376 g/mol. The van der Waals surface area contributed by atoms with Crippen molar-refractivity contribution in [1.29, 1.82) is 0 Å². The second-order valence-corrected chi connectivity index (χ2v) is 6.49. The Kier molecular flexibility index (Phi) is 5.40. The molecule has 26 heavy (non-hydrogen) atoms. The van der Waals surface area contributed by atoms with Gasteiger partial charge in [0.25, 0.3) is 0 Å². The van der Waals surface area contributed by atoms with Crippen LogP contribution < -0.4 is 4.74 Å². The van der Waals surface area contributed by atoms with Gasteiger partial charge in [-0.05, 0) is 18.2 Å². The number of carbonyl (C=O) groups excluding carboxylic acids is 1. The lowest BCUT2D eigenvalue weighted by Crippen LogP contribution is -2.34. The van der Waals surface area contributed by atoms with Gasteiger partial charge in [0, 0.05) is 12.3 Å². The molecule has 2 N–H and O–H groups in total. The van der Waals surface area contributed by atoms with Gasteiger partial charge in [0.05, 0.1) is 30.8 Å². The monoisotopic (exact) mass is 376 g/mol. The van der Waals surface area contributed by atoms with E-state index in [-0.39, 0.29) is 49.8 Å². The van der Waals surface area contributed by atoms with Crippen molar-refractivity contribution < 1.29 is 42.4 Å². The average Bonchev–Trinajstić information content (AvgIpc) is 3.05. The fourth-order valence-electron chi connectivity index (χ4n) is 3.30. The third-order valence-electron chi connectivity index (χ3n) is 4.52. The molecule has 1 saturated carbocycles. The zero-order valence-electron chi connectivity index (χ0n) is 13.7. The zero-order valence-corrected chi connectivity index (χ0v) is 13.7. The van der Waals surface area contributed by atoms with Gasteiger partial charge < -0.3 is 24.4 Å². The molecule has 3 rings (SSSR count). The number of alkyl halides is 3. The molecule has 0 bridgehead atoms. The molecule has 6 nitrogen and oxygen atoms in total. The van der Waals surface area contributed by atoms with E-state index in [9.17, 15) is 28.2 Å². The topological polar surface area (TPSA) is 85.2 Å². The van der Waals surface area contributed by atoms with E-state index in [0.29, 0.717) is 0 Å². The van der Waals surface area contributed by atoms with Gasteiger partial charge in [0.1, 0.15) is 24.6 Å². The molecule has 9 heteroatoms. The van der Waals surface area contributed by atoms with E-state index in [4.69, 9.17) is 14.2 Å². The summed E-state index contributed by atoms with van der Waals surface area (Å²) in [6.45, 7) is -0.453. The molecule has 1 aliphatic carbocycles. The Labute approximate surface area is 147 Å². The second kappa shape index (κ2) is 7.42. The number of carbonyl (C=O) groups is 1. The van der Waals surface area contributed by atoms with Crippen molar-refractivity contribution >= 4 is 5.97 Å². The molecule has 1 heterocycles. The van der Waals surface area contributed by atoms with Crippen molar-refractivity contribution in [2.45, 2.75) is 43.4 Å². The summed E-state index contributed by atoms with van der Waals surface area (Å²) < 4.78 is 53.7. The molecule has 0 radical (unpaired) electrons. The molecule has 0 aromatic heterocycles. The van der Waals surface area contributed by atoms with E-state index in [0.717, 1.165) is 12.1 Å². The summed E-state index contributed by atoms with van der Waals surface area (Å²) in [5, 5.41) is 19.9. The third-order valence-corrected chi connectivity index (χ3v) is 4.52. The highest BCUT2D eigenvalue weighted by atomic mass is 19.4. The van der Waals surface area contributed by atoms with E-state index in [1.54, 1.807) is 0 Å². The summed E-state index contributed by atoms with van der Waals surface area (Å²) in [4.78, 5) is 11.3. The lowest BCUT2D eigenvalue weighted by Gasteiger charge is -2.22. The highest BCUT2D eigenvalue weighted by Gasteiger charge is 2.50. The smallest absolute Gasteiger partial charge is 0.416 e. The molecule has 0 amide bonds. The Balaban J connectivity index is 1.47. The predicted molar refractivity (Wildman–Crippen MR) is 81.3 cm³/mol. The van der Waals surface area contributed by atoms with E-state index in [1.165, 1.54) is 12.1 Å². The van der Waals surface area contributed by atoms with Crippen molar-refractivity contribution in [2.75, 3.05) is 13.2 Å². The fraction of sp³-hybridized carbons (Fsp3) is 0.588. The molecular weight excluding hydrogens is 357 g/mol. The van der Waals surface area contributed by atoms with Crippen LogP contribution in [0.1, 0.15) is 18.4 Å². The lowest BCUT2D eigenvalue weighted by atomic mass is 10.0. The highest BCUT2D eigenvalue weighted by molar-refractivity contribution is 5.72. The van der Waals surface area contributed by atoms with Gasteiger partial charge in [0.15, 0.2) is 0 Å². The maximum atomic E-state index is 12.6. The first-order valence-electron chi connectivity index (χ1n) is 8.21. The van der Waals surface area contributed by atoms with Crippen LogP contribution in [0.5, 0.6) is 5.75 Å². The minimum Gasteiger partial charge on any atom is -0.491 e. The number of rotatable bonds is 6. The number of aliphatic hydroxyl groups is 2. The van der Waals surface area contributed by atoms with Crippen LogP contribution >= 0.6 is 0 Å². The van der Waals surface area contributed by atoms with Crippen molar-refractivity contribution in [3.05, 3.63) is 29.8 Å². The SMILES string of the molecule is O=C1CC2C(CC(O)C2OCC(O)COc2cccc(C(F)(F)F)c2)O1. The number of halogens is 3. The molecule has 1 saturated heterocycles. The molecule has 1 aliphatic heterocycles. The summed E-state index contributed by atoms with van der Waals surface area (Å²) in [6.07, 6.45) is -6.93. The van der Waals surface area contributed by atoms with Crippen molar-refractivity contribution in [1.82, 2.24) is 0 Å². The minimum atomic E-state index is -4.48. The van der Waals surface area contributed by atoms with Crippen LogP contribution in [-0.4, -0.2) is 53.8 Å². The summed E-state index contributed by atoms with van der Waals surface area (Å²) in [6, 6.07) is 4.35. The molecule has 5 unspecified atom stereocenters. The summed E-state index contributed by atoms with van der Waals surface area (Å²) >= 11 is 0. The second-order valence-electron chi connectivity index (χ2n) is 6.49. The molecule has 0 spiro atoms. The Morgan fingerprint density at radius 2 is 2.08 bits per heavy atom. The van der Waals surface area contributed by atoms with Crippen LogP contribution in [0.3, 0.4) is 0 Å². The van der Waals surface area contributed by atoms with Gasteiger partial charge in [-0.25, -0.2) is 0 Å². The first kappa shape index (κ1) is 18.9. The molecule has 2 fully saturated rings. The number of hydrogen-bond donors (Lipinski definition) is 2. The molecule has 5 atom stereocenters. The Morgan fingerprint density at radius 3 is 2.81 bits per heavy atom. The molecule has 1 aromatic rings. The van der Waals surface area contributed by atoms with E-state index in [2.05, 4.69) is 0 Å². The van der Waals surface area contributed by atoms with Gasteiger partial charge >= 0.3 is 12.1 Å². The van der Waals surface area contributed by atoms with Crippen LogP contribution in [0.25, 0.3) is 0 Å². The highest BCUT2D eigenvalue weighted by Crippen LogP contribution is 2.38. The van der Waals surface area contributed by atoms with Crippen LogP contribution in [-0.2, 0) is 20.4 Å². The van der Waals surface area contributed by atoms with Gasteiger partial charge in [-0.2, -0.15) is 13.2 Å². The lowest BCUT2D eigenvalue weighted by molar-refractivity contribution is -0.142. The summed E-state index contributed by atoms with van der Waals surface area (Å²) in [5.41, 5.74) is -0.841. The van der Waals surface area contributed by atoms with Crippen LogP contribution in [0.15, 0.2) is 24.3 Å². The fourth-order valence-corrected chi connectivity index (χ4v) is 3.30. The Hall–Kier alpha value is -1.84. The Morgan fingerprint density at radius 1 is 1.31 bits per heavy atom. The van der Waals surface area contributed by atoms with Gasteiger partial charge in [0.2, 0.25) is 0 Å². The number of benzene rings is 1. The summed E-state index contributed by atoms with van der Waals surface area (Å²) in [5.74, 6) is -0.613. The first-order chi connectivity index (χ1) is 12.2. The van der Waals surface area contributed by atoms with Crippen molar-refractivity contribution in [3.8, 4) is 5.75 Å². The van der Waals surface area contributed by atoms with E-state index < -0.39 is 30.1 Å². The maximum absolute atomic E-state index is 12.6. The van der Waals surface area contributed by atoms with E-state index in [1.807, 2.05) is 0 Å². The maximum Gasteiger partial charge on any atom is 0.416 e. The normalized spacial score (nSPS) is 29.3. The number of esters is 1. The number of ether oxygens (including phenoxy) is 3. The largest absolute Gasteiger partial charge is 0.491 e. The van der Waals surface area contributed by atoms with Gasteiger partial charge in [-0.3, -0.25) is 4.79 Å². The number of aliphatic hydroxyl groups excluding tert-OH is 2. The van der Waals surface area contributed by atoms with Crippen molar-refractivity contribution in [3.63, 3.8) is 0 Å². The third kappa shape index (κ3) is 4.28. The van der Waals surface area contributed by atoms with Crippen LogP contribution in [0.2, 0.25) is 0 Å².